The molecule has 1 aromatic carbocycles. The number of methoxy groups -OCH3 is 1. The molecular weight excluding hydrogens is 250 g/mol. The van der Waals surface area contributed by atoms with E-state index in [4.69, 9.17) is 15.2 Å². The first-order valence-electron chi connectivity index (χ1n) is 5.45. The van der Waals surface area contributed by atoms with Gasteiger partial charge in [-0.2, -0.15) is 0 Å². The Kier molecular flexibility index (Phi) is 5.40. The second kappa shape index (κ2) is 7.05. The van der Waals surface area contributed by atoms with E-state index in [1.54, 1.807) is 12.1 Å². The summed E-state index contributed by atoms with van der Waals surface area (Å²) in [5.74, 6) is -0.511. The second-order valence-electron chi connectivity index (χ2n) is 3.51. The molecular formula is C13H15NO5. The highest BCUT2D eigenvalue weighted by Gasteiger charge is 2.12. The van der Waals surface area contributed by atoms with Crippen LogP contribution >= 0.6 is 0 Å². The van der Waals surface area contributed by atoms with E-state index >= 15 is 0 Å². The third-order valence-corrected chi connectivity index (χ3v) is 2.10. The number of esters is 1. The Morgan fingerprint density at radius 1 is 1.37 bits per heavy atom. The average molecular weight is 265 g/mol. The molecule has 19 heavy (non-hydrogen) atoms. The molecule has 0 aliphatic heterocycles. The highest BCUT2D eigenvalue weighted by molar-refractivity contribution is 5.91. The largest absolute Gasteiger partial charge is 0.493 e. The van der Waals surface area contributed by atoms with Gasteiger partial charge in [-0.3, -0.25) is 4.79 Å². The highest BCUT2D eigenvalue weighted by Crippen LogP contribution is 2.28. The first kappa shape index (κ1) is 14.6. The van der Waals surface area contributed by atoms with E-state index in [-0.39, 0.29) is 5.56 Å². The fourth-order valence-electron chi connectivity index (χ4n) is 1.28. The number of primary amides is 1. The van der Waals surface area contributed by atoms with Crippen molar-refractivity contribution in [3.05, 3.63) is 36.4 Å². The molecule has 1 rings (SSSR count). The number of nitrogens with two attached hydrogens (primary N) is 1. The zero-order valence-electron chi connectivity index (χ0n) is 10.5. The van der Waals surface area contributed by atoms with Crippen LogP contribution in [0.3, 0.4) is 0 Å². The van der Waals surface area contributed by atoms with Gasteiger partial charge in [-0.05, 0) is 18.2 Å². The third-order valence-electron chi connectivity index (χ3n) is 2.10. The standard InChI is InChI=1S/C13H15NO5/c1-3-6-18-10-5-4-9(7-11(10)17-2)13(16)19-8-12(14)15/h3-5,7H,1,6,8H2,2H3,(H2,14,15). The van der Waals surface area contributed by atoms with Gasteiger partial charge >= 0.3 is 5.97 Å². The molecule has 102 valence electrons. The van der Waals surface area contributed by atoms with E-state index in [0.717, 1.165) is 0 Å². The molecule has 0 radical (unpaired) electrons. The van der Waals surface area contributed by atoms with Gasteiger partial charge in [0.2, 0.25) is 0 Å². The molecule has 1 amide bonds. The van der Waals surface area contributed by atoms with E-state index in [1.165, 1.54) is 19.2 Å². The second-order valence-corrected chi connectivity index (χ2v) is 3.51. The number of hydrogen-bond acceptors (Lipinski definition) is 5. The molecule has 0 aliphatic carbocycles. The molecule has 0 unspecified atom stereocenters. The van der Waals surface area contributed by atoms with E-state index in [0.29, 0.717) is 18.1 Å². The van der Waals surface area contributed by atoms with Gasteiger partial charge in [0.25, 0.3) is 5.91 Å². The molecule has 0 saturated heterocycles. The molecule has 0 spiro atoms. The summed E-state index contributed by atoms with van der Waals surface area (Å²) in [4.78, 5) is 22.1. The van der Waals surface area contributed by atoms with Crippen LogP contribution in [-0.4, -0.2) is 32.2 Å². The highest BCUT2D eigenvalue weighted by atomic mass is 16.5. The van der Waals surface area contributed by atoms with Crippen LogP contribution in [0.15, 0.2) is 30.9 Å². The summed E-state index contributed by atoms with van der Waals surface area (Å²) in [5, 5.41) is 0. The van der Waals surface area contributed by atoms with E-state index < -0.39 is 18.5 Å². The quantitative estimate of drug-likeness (QED) is 0.584. The minimum absolute atomic E-state index is 0.240. The zero-order valence-corrected chi connectivity index (χ0v) is 10.5. The van der Waals surface area contributed by atoms with Crippen molar-refractivity contribution >= 4 is 11.9 Å². The van der Waals surface area contributed by atoms with E-state index in [9.17, 15) is 9.59 Å². The fraction of sp³-hybridized carbons (Fsp3) is 0.231. The summed E-state index contributed by atoms with van der Waals surface area (Å²) in [6.45, 7) is 3.39. The Morgan fingerprint density at radius 2 is 2.11 bits per heavy atom. The predicted molar refractivity (Wildman–Crippen MR) is 68.2 cm³/mol. The molecule has 6 heteroatoms. The van der Waals surface area contributed by atoms with Crippen LogP contribution in [0.25, 0.3) is 0 Å². The molecule has 0 bridgehead atoms. The van der Waals surface area contributed by atoms with Crippen molar-refractivity contribution in [3.8, 4) is 11.5 Å². The van der Waals surface area contributed by atoms with Gasteiger partial charge in [0, 0.05) is 0 Å². The topological polar surface area (TPSA) is 87.9 Å². The lowest BCUT2D eigenvalue weighted by Gasteiger charge is -2.10. The van der Waals surface area contributed by atoms with Crippen molar-refractivity contribution in [2.45, 2.75) is 0 Å². The molecule has 2 N–H and O–H groups in total. The molecule has 0 aliphatic rings. The summed E-state index contributed by atoms with van der Waals surface area (Å²) in [6.07, 6.45) is 1.59. The van der Waals surface area contributed by atoms with Gasteiger partial charge in [0.05, 0.1) is 12.7 Å². The van der Waals surface area contributed by atoms with Gasteiger partial charge in [-0.15, -0.1) is 0 Å². The SMILES string of the molecule is C=CCOc1ccc(C(=O)OCC(N)=O)cc1OC. The Labute approximate surface area is 110 Å². The Hall–Kier alpha value is -2.50. The first-order chi connectivity index (χ1) is 9.08. The first-order valence-corrected chi connectivity index (χ1v) is 5.45. The molecule has 0 saturated carbocycles. The van der Waals surface area contributed by atoms with Crippen LogP contribution in [0.5, 0.6) is 11.5 Å². The molecule has 0 heterocycles. The number of ether oxygens (including phenoxy) is 3. The van der Waals surface area contributed by atoms with Gasteiger partial charge in [0.1, 0.15) is 6.61 Å². The molecule has 0 atom stereocenters. The number of carbonyl (C=O) groups is 2. The van der Waals surface area contributed by atoms with Crippen LogP contribution in [0.1, 0.15) is 10.4 Å². The lowest BCUT2D eigenvalue weighted by Crippen LogP contribution is -2.20. The summed E-state index contributed by atoms with van der Waals surface area (Å²) < 4.78 is 15.1. The summed E-state index contributed by atoms with van der Waals surface area (Å²) in [7, 11) is 1.45. The number of carbonyl (C=O) groups excluding carboxylic acids is 2. The number of rotatable bonds is 7. The number of benzene rings is 1. The lowest BCUT2D eigenvalue weighted by molar-refractivity contribution is -0.121. The van der Waals surface area contributed by atoms with Gasteiger partial charge in [0.15, 0.2) is 18.1 Å². The van der Waals surface area contributed by atoms with Crippen LogP contribution < -0.4 is 15.2 Å². The van der Waals surface area contributed by atoms with Gasteiger partial charge < -0.3 is 19.9 Å². The monoisotopic (exact) mass is 265 g/mol. The zero-order chi connectivity index (χ0) is 14.3. The van der Waals surface area contributed by atoms with E-state index in [1.807, 2.05) is 0 Å². The van der Waals surface area contributed by atoms with Crippen molar-refractivity contribution in [2.24, 2.45) is 5.73 Å². The van der Waals surface area contributed by atoms with Crippen molar-refractivity contribution in [1.82, 2.24) is 0 Å². The van der Waals surface area contributed by atoms with Crippen LogP contribution in [0, 0.1) is 0 Å². The van der Waals surface area contributed by atoms with Crippen molar-refractivity contribution < 1.29 is 23.8 Å². The minimum Gasteiger partial charge on any atom is -0.493 e. The lowest BCUT2D eigenvalue weighted by atomic mass is 10.2. The van der Waals surface area contributed by atoms with Gasteiger partial charge in [-0.25, -0.2) is 4.79 Å². The van der Waals surface area contributed by atoms with Crippen LogP contribution in [-0.2, 0) is 9.53 Å². The van der Waals surface area contributed by atoms with Gasteiger partial charge in [-0.1, -0.05) is 12.7 Å². The molecule has 6 nitrogen and oxygen atoms in total. The Bertz CT molecular complexity index is 484. The molecule has 0 aromatic heterocycles. The maximum Gasteiger partial charge on any atom is 0.338 e. The smallest absolute Gasteiger partial charge is 0.338 e. The maximum absolute atomic E-state index is 11.6. The molecule has 0 fully saturated rings. The average Bonchev–Trinajstić information content (AvgIpc) is 2.42. The number of amides is 1. The summed E-state index contributed by atoms with van der Waals surface area (Å²) in [5.41, 5.74) is 5.12. The Balaban J connectivity index is 2.83. The Morgan fingerprint density at radius 3 is 2.68 bits per heavy atom. The van der Waals surface area contributed by atoms with Crippen molar-refractivity contribution in [2.75, 3.05) is 20.3 Å². The van der Waals surface area contributed by atoms with Crippen LogP contribution in [0.4, 0.5) is 0 Å². The third kappa shape index (κ3) is 4.34. The number of hydrogen-bond donors (Lipinski definition) is 1. The van der Waals surface area contributed by atoms with E-state index in [2.05, 4.69) is 11.3 Å². The van der Waals surface area contributed by atoms with Crippen molar-refractivity contribution in [1.29, 1.82) is 0 Å². The predicted octanol–water partition coefficient (Wildman–Crippen LogP) is 0.902. The molecule has 1 aromatic rings. The minimum atomic E-state index is -0.716. The maximum atomic E-state index is 11.6. The summed E-state index contributed by atoms with van der Waals surface area (Å²) in [6, 6.07) is 4.54. The normalized spacial score (nSPS) is 9.53. The summed E-state index contributed by atoms with van der Waals surface area (Å²) >= 11 is 0. The van der Waals surface area contributed by atoms with Crippen molar-refractivity contribution in [3.63, 3.8) is 0 Å². The van der Waals surface area contributed by atoms with Crippen LogP contribution in [0.2, 0.25) is 0 Å². The fourth-order valence-corrected chi connectivity index (χ4v) is 1.28.